The molecule has 1 aromatic heterocycles. The number of nitrogen functional groups attached to an aromatic ring is 1. The van der Waals surface area contributed by atoms with Crippen LogP contribution < -0.4 is 11.1 Å². The van der Waals surface area contributed by atoms with Crippen LogP contribution in [0.2, 0.25) is 0 Å². The van der Waals surface area contributed by atoms with Crippen LogP contribution in [0.3, 0.4) is 0 Å². The zero-order valence-electron chi connectivity index (χ0n) is 10.4. The Kier molecular flexibility index (Phi) is 3.05. The number of carbonyl (C=O) groups excluding carboxylic acids is 1. The van der Waals surface area contributed by atoms with E-state index in [1.807, 2.05) is 0 Å². The quantitative estimate of drug-likeness (QED) is 0.820. The number of anilines is 1. The fourth-order valence-corrected chi connectivity index (χ4v) is 2.38. The monoisotopic (exact) mass is 233 g/mol. The number of hydrogen-bond donors (Lipinski definition) is 2. The smallest absolute Gasteiger partial charge is 0.253 e. The lowest BCUT2D eigenvalue weighted by Crippen LogP contribution is -2.41. The fourth-order valence-electron chi connectivity index (χ4n) is 2.38. The minimum atomic E-state index is -0.0579. The SMILES string of the molecule is CC1(C)CCCC1NC(=O)c1ccc(N)nc1. The van der Waals surface area contributed by atoms with Gasteiger partial charge in [-0.25, -0.2) is 4.98 Å². The molecule has 0 bridgehead atoms. The second kappa shape index (κ2) is 4.35. The molecular formula is C13H19N3O. The van der Waals surface area contributed by atoms with E-state index in [1.165, 1.54) is 12.6 Å². The zero-order valence-corrected chi connectivity index (χ0v) is 10.4. The zero-order chi connectivity index (χ0) is 12.5. The summed E-state index contributed by atoms with van der Waals surface area (Å²) in [6.45, 7) is 4.40. The third kappa shape index (κ3) is 2.57. The molecule has 1 fully saturated rings. The lowest BCUT2D eigenvalue weighted by atomic mass is 9.87. The van der Waals surface area contributed by atoms with Crippen LogP contribution in [0.1, 0.15) is 43.5 Å². The molecule has 4 heteroatoms. The number of hydrogen-bond acceptors (Lipinski definition) is 3. The number of pyridine rings is 1. The molecule has 1 aromatic rings. The van der Waals surface area contributed by atoms with Crippen LogP contribution in [0.4, 0.5) is 5.82 Å². The van der Waals surface area contributed by atoms with E-state index in [9.17, 15) is 4.79 Å². The molecule has 3 N–H and O–H groups in total. The van der Waals surface area contributed by atoms with Crippen LogP contribution in [-0.4, -0.2) is 16.9 Å². The number of nitrogens with one attached hydrogen (secondary N) is 1. The summed E-state index contributed by atoms with van der Waals surface area (Å²) in [4.78, 5) is 15.9. The number of amides is 1. The highest BCUT2D eigenvalue weighted by Crippen LogP contribution is 2.37. The van der Waals surface area contributed by atoms with Gasteiger partial charge in [-0.3, -0.25) is 4.79 Å². The van der Waals surface area contributed by atoms with Gasteiger partial charge in [-0.15, -0.1) is 0 Å². The normalized spacial score (nSPS) is 22.4. The number of rotatable bonds is 2. The highest BCUT2D eigenvalue weighted by molar-refractivity contribution is 5.94. The Morgan fingerprint density at radius 1 is 1.53 bits per heavy atom. The van der Waals surface area contributed by atoms with Crippen LogP contribution in [0.25, 0.3) is 0 Å². The Hall–Kier alpha value is -1.58. The summed E-state index contributed by atoms with van der Waals surface area (Å²) in [6, 6.07) is 3.61. The maximum atomic E-state index is 12.0. The number of aromatic nitrogens is 1. The number of nitrogens with two attached hydrogens (primary N) is 1. The van der Waals surface area contributed by atoms with Gasteiger partial charge in [-0.1, -0.05) is 20.3 Å². The van der Waals surface area contributed by atoms with E-state index in [4.69, 9.17) is 5.73 Å². The Morgan fingerprint density at radius 3 is 2.82 bits per heavy atom. The lowest BCUT2D eigenvalue weighted by Gasteiger charge is -2.27. The maximum Gasteiger partial charge on any atom is 0.253 e. The Morgan fingerprint density at radius 2 is 2.29 bits per heavy atom. The molecule has 0 saturated heterocycles. The minimum Gasteiger partial charge on any atom is -0.384 e. The van der Waals surface area contributed by atoms with E-state index in [-0.39, 0.29) is 17.4 Å². The standard InChI is InChI=1S/C13H19N3O/c1-13(2)7-3-4-10(13)16-12(17)9-5-6-11(14)15-8-9/h5-6,8,10H,3-4,7H2,1-2H3,(H2,14,15)(H,16,17). The highest BCUT2D eigenvalue weighted by Gasteiger charge is 2.35. The average Bonchev–Trinajstić information content (AvgIpc) is 2.59. The first kappa shape index (κ1) is 11.9. The van der Waals surface area contributed by atoms with Crippen molar-refractivity contribution in [3.05, 3.63) is 23.9 Å². The van der Waals surface area contributed by atoms with Crippen molar-refractivity contribution < 1.29 is 4.79 Å². The number of nitrogens with zero attached hydrogens (tertiary/aromatic N) is 1. The Balaban J connectivity index is 2.04. The molecule has 1 amide bonds. The molecule has 0 aliphatic heterocycles. The van der Waals surface area contributed by atoms with E-state index in [1.54, 1.807) is 12.1 Å². The molecule has 0 radical (unpaired) electrons. The third-order valence-electron chi connectivity index (χ3n) is 3.61. The van der Waals surface area contributed by atoms with Crippen molar-refractivity contribution in [3.63, 3.8) is 0 Å². The molecule has 17 heavy (non-hydrogen) atoms. The summed E-state index contributed by atoms with van der Waals surface area (Å²) >= 11 is 0. The predicted molar refractivity (Wildman–Crippen MR) is 67.5 cm³/mol. The first-order valence-corrected chi connectivity index (χ1v) is 6.01. The summed E-state index contributed by atoms with van der Waals surface area (Å²) in [5, 5.41) is 3.09. The summed E-state index contributed by atoms with van der Waals surface area (Å²) in [6.07, 6.45) is 4.92. The summed E-state index contributed by atoms with van der Waals surface area (Å²) < 4.78 is 0. The first-order valence-electron chi connectivity index (χ1n) is 6.01. The van der Waals surface area contributed by atoms with Gasteiger partial charge in [0, 0.05) is 12.2 Å². The van der Waals surface area contributed by atoms with Crippen LogP contribution in [-0.2, 0) is 0 Å². The molecule has 1 heterocycles. The topological polar surface area (TPSA) is 68.0 Å². The molecule has 1 unspecified atom stereocenters. The van der Waals surface area contributed by atoms with E-state index in [0.717, 1.165) is 12.8 Å². The predicted octanol–water partition coefficient (Wildman–Crippen LogP) is 1.97. The van der Waals surface area contributed by atoms with Crippen LogP contribution in [0.5, 0.6) is 0 Å². The lowest BCUT2D eigenvalue weighted by molar-refractivity contribution is 0.0909. The van der Waals surface area contributed by atoms with Crippen LogP contribution in [0, 0.1) is 5.41 Å². The van der Waals surface area contributed by atoms with Crippen LogP contribution >= 0.6 is 0 Å². The largest absolute Gasteiger partial charge is 0.384 e. The second-order valence-corrected chi connectivity index (χ2v) is 5.38. The van der Waals surface area contributed by atoms with Crippen molar-refractivity contribution in [3.8, 4) is 0 Å². The molecule has 2 rings (SSSR count). The summed E-state index contributed by atoms with van der Waals surface area (Å²) in [5.74, 6) is 0.375. The third-order valence-corrected chi connectivity index (χ3v) is 3.61. The van der Waals surface area contributed by atoms with E-state index in [0.29, 0.717) is 11.4 Å². The first-order chi connectivity index (χ1) is 7.99. The highest BCUT2D eigenvalue weighted by atomic mass is 16.1. The van der Waals surface area contributed by atoms with E-state index >= 15 is 0 Å². The molecule has 1 atom stereocenters. The minimum absolute atomic E-state index is 0.0579. The van der Waals surface area contributed by atoms with Gasteiger partial charge >= 0.3 is 0 Å². The molecule has 1 aliphatic rings. The molecule has 0 aromatic carbocycles. The van der Waals surface area contributed by atoms with Gasteiger partial charge < -0.3 is 11.1 Å². The maximum absolute atomic E-state index is 12.0. The molecule has 1 aliphatic carbocycles. The molecule has 4 nitrogen and oxygen atoms in total. The van der Waals surface area contributed by atoms with Gasteiger partial charge in [0.2, 0.25) is 0 Å². The van der Waals surface area contributed by atoms with Crippen molar-refractivity contribution in [2.75, 3.05) is 5.73 Å². The molecule has 92 valence electrons. The molecular weight excluding hydrogens is 214 g/mol. The number of carbonyl (C=O) groups is 1. The van der Waals surface area contributed by atoms with Gasteiger partial charge in [0.05, 0.1) is 5.56 Å². The average molecular weight is 233 g/mol. The Bertz CT molecular complexity index is 411. The summed E-state index contributed by atoms with van der Waals surface area (Å²) in [5.41, 5.74) is 6.25. The molecule has 0 spiro atoms. The second-order valence-electron chi connectivity index (χ2n) is 5.38. The van der Waals surface area contributed by atoms with Crippen molar-refractivity contribution in [1.82, 2.24) is 10.3 Å². The van der Waals surface area contributed by atoms with Crippen molar-refractivity contribution in [1.29, 1.82) is 0 Å². The van der Waals surface area contributed by atoms with Crippen molar-refractivity contribution >= 4 is 11.7 Å². The van der Waals surface area contributed by atoms with Gasteiger partial charge in [0.25, 0.3) is 5.91 Å². The summed E-state index contributed by atoms with van der Waals surface area (Å²) in [7, 11) is 0. The van der Waals surface area contributed by atoms with E-state index < -0.39 is 0 Å². The van der Waals surface area contributed by atoms with Crippen LogP contribution in [0.15, 0.2) is 18.3 Å². The van der Waals surface area contributed by atoms with Gasteiger partial charge in [-0.2, -0.15) is 0 Å². The van der Waals surface area contributed by atoms with Crippen molar-refractivity contribution in [2.24, 2.45) is 5.41 Å². The van der Waals surface area contributed by atoms with E-state index in [2.05, 4.69) is 24.1 Å². The fraction of sp³-hybridized carbons (Fsp3) is 0.538. The molecule has 1 saturated carbocycles. The Labute approximate surface area is 102 Å². The van der Waals surface area contributed by atoms with Crippen molar-refractivity contribution in [2.45, 2.75) is 39.2 Å². The van der Waals surface area contributed by atoms with Gasteiger partial charge in [0.15, 0.2) is 0 Å². The van der Waals surface area contributed by atoms with Gasteiger partial charge in [0.1, 0.15) is 5.82 Å². The van der Waals surface area contributed by atoms with Gasteiger partial charge in [-0.05, 0) is 30.4 Å².